The van der Waals surface area contributed by atoms with Crippen molar-refractivity contribution in [2.24, 2.45) is 17.6 Å². The maximum Gasteiger partial charge on any atom is 0.255 e. The molecule has 0 saturated heterocycles. The van der Waals surface area contributed by atoms with E-state index < -0.39 is 5.91 Å². The molecule has 0 aromatic carbocycles. The molecular weight excluding hydrogens is 334 g/mol. The van der Waals surface area contributed by atoms with Crippen molar-refractivity contribution in [3.8, 4) is 0 Å². The third-order valence-corrected chi connectivity index (χ3v) is 3.87. The van der Waals surface area contributed by atoms with Gasteiger partial charge in [0.15, 0.2) is 0 Å². The van der Waals surface area contributed by atoms with Crippen LogP contribution in [0.2, 0.25) is 5.15 Å². The lowest BCUT2D eigenvalue weighted by atomic mass is 10.1. The van der Waals surface area contributed by atoms with Gasteiger partial charge in [0, 0.05) is 24.5 Å². The van der Waals surface area contributed by atoms with Crippen LogP contribution in [0.1, 0.15) is 30.6 Å². The lowest BCUT2D eigenvalue weighted by Gasteiger charge is -2.17. The third-order valence-electron chi connectivity index (χ3n) is 3.60. The van der Waals surface area contributed by atoms with Crippen LogP contribution in [-0.4, -0.2) is 39.5 Å². The smallest absolute Gasteiger partial charge is 0.255 e. The molecule has 0 radical (unpaired) electrons. The molecule has 0 spiro atoms. The Labute approximate surface area is 144 Å². The Hall–Kier alpha value is -2.19. The fraction of sp³-hybridized carbons (Fsp3) is 0.467. The largest absolute Gasteiger partial charge is 0.396 e. The molecule has 2 atom stereocenters. The monoisotopic (exact) mass is 353 g/mol. The number of halogens is 1. The van der Waals surface area contributed by atoms with Crippen LogP contribution in [0.15, 0.2) is 12.2 Å². The lowest BCUT2D eigenvalue weighted by molar-refractivity contribution is -0.118. The van der Waals surface area contributed by atoms with Gasteiger partial charge in [0.05, 0.1) is 0 Å². The Kier molecular flexibility index (Phi) is 5.74. The van der Waals surface area contributed by atoms with Gasteiger partial charge in [-0.2, -0.15) is 9.97 Å². The number of rotatable bonds is 6. The Morgan fingerprint density at radius 3 is 2.67 bits per heavy atom. The predicted molar refractivity (Wildman–Crippen MR) is 90.8 cm³/mol. The highest BCUT2D eigenvalue weighted by Gasteiger charge is 2.24. The molecule has 24 heavy (non-hydrogen) atoms. The summed E-state index contributed by atoms with van der Waals surface area (Å²) in [6.07, 6.45) is 4.39. The van der Waals surface area contributed by atoms with E-state index in [1.165, 1.54) is 0 Å². The summed E-state index contributed by atoms with van der Waals surface area (Å²) in [5.74, 6) is -1.13. The number of nitrogens with two attached hydrogens (primary N) is 1. The van der Waals surface area contributed by atoms with Gasteiger partial charge in [-0.25, -0.2) is 0 Å². The van der Waals surface area contributed by atoms with Crippen molar-refractivity contribution in [1.29, 1.82) is 0 Å². The number of aliphatic hydroxyl groups excluding tert-OH is 1. The second kappa shape index (κ2) is 7.59. The van der Waals surface area contributed by atoms with Crippen LogP contribution in [0.5, 0.6) is 0 Å². The molecule has 1 aromatic rings. The maximum atomic E-state index is 11.8. The molecule has 2 rings (SSSR count). The first-order valence-electron chi connectivity index (χ1n) is 7.55. The third kappa shape index (κ3) is 4.21. The topological polar surface area (TPSA) is 130 Å². The summed E-state index contributed by atoms with van der Waals surface area (Å²) in [6, 6.07) is -0.139. The molecule has 1 heterocycles. The molecule has 2 amide bonds. The van der Waals surface area contributed by atoms with Crippen molar-refractivity contribution in [2.45, 2.75) is 26.3 Å². The summed E-state index contributed by atoms with van der Waals surface area (Å²) < 4.78 is 0. The van der Waals surface area contributed by atoms with Gasteiger partial charge >= 0.3 is 0 Å². The molecule has 2 unspecified atom stereocenters. The fourth-order valence-corrected chi connectivity index (χ4v) is 2.52. The van der Waals surface area contributed by atoms with Crippen molar-refractivity contribution < 1.29 is 14.7 Å². The number of primary amides is 1. The molecule has 1 aromatic heterocycles. The minimum Gasteiger partial charge on any atom is -0.396 e. The SMILES string of the molecule is CC(C)C(=O)Nc1nc(Cl)c(C(N)=O)c(NC2C=CC(CO)C2)n1. The summed E-state index contributed by atoms with van der Waals surface area (Å²) in [4.78, 5) is 31.5. The number of hydrogen-bond acceptors (Lipinski definition) is 6. The molecule has 0 bridgehead atoms. The number of carbonyl (C=O) groups is 2. The van der Waals surface area contributed by atoms with Gasteiger partial charge in [-0.3, -0.25) is 14.9 Å². The van der Waals surface area contributed by atoms with E-state index in [9.17, 15) is 14.7 Å². The Bertz CT molecular complexity index is 677. The quantitative estimate of drug-likeness (QED) is 0.448. The predicted octanol–water partition coefficient (Wildman–Crippen LogP) is 1.17. The first-order valence-corrected chi connectivity index (χ1v) is 7.93. The number of aromatic nitrogens is 2. The van der Waals surface area contributed by atoms with Gasteiger partial charge in [0.25, 0.3) is 5.91 Å². The van der Waals surface area contributed by atoms with E-state index in [4.69, 9.17) is 17.3 Å². The van der Waals surface area contributed by atoms with E-state index in [1.54, 1.807) is 13.8 Å². The van der Waals surface area contributed by atoms with E-state index in [2.05, 4.69) is 20.6 Å². The fourth-order valence-electron chi connectivity index (χ4n) is 2.26. The van der Waals surface area contributed by atoms with E-state index >= 15 is 0 Å². The van der Waals surface area contributed by atoms with Gasteiger partial charge in [-0.05, 0) is 6.42 Å². The van der Waals surface area contributed by atoms with E-state index in [0.717, 1.165) is 0 Å². The van der Waals surface area contributed by atoms with Crippen LogP contribution < -0.4 is 16.4 Å². The van der Waals surface area contributed by atoms with Crippen LogP contribution in [0.4, 0.5) is 11.8 Å². The van der Waals surface area contributed by atoms with Crippen LogP contribution >= 0.6 is 11.6 Å². The number of carbonyl (C=O) groups excluding carboxylic acids is 2. The highest BCUT2D eigenvalue weighted by molar-refractivity contribution is 6.33. The molecule has 0 aliphatic heterocycles. The van der Waals surface area contributed by atoms with Gasteiger partial charge in [0.1, 0.15) is 16.5 Å². The molecule has 1 aliphatic carbocycles. The van der Waals surface area contributed by atoms with Crippen molar-refractivity contribution in [3.63, 3.8) is 0 Å². The number of hydrogen-bond donors (Lipinski definition) is 4. The molecule has 9 heteroatoms. The second-order valence-corrected chi connectivity index (χ2v) is 6.24. The minimum atomic E-state index is -0.773. The average molecular weight is 354 g/mol. The van der Waals surface area contributed by atoms with E-state index in [1.807, 2.05) is 12.2 Å². The average Bonchev–Trinajstić information content (AvgIpc) is 2.93. The zero-order valence-electron chi connectivity index (χ0n) is 13.4. The lowest BCUT2D eigenvalue weighted by Crippen LogP contribution is -2.25. The van der Waals surface area contributed by atoms with Crippen molar-refractivity contribution in [1.82, 2.24) is 9.97 Å². The Morgan fingerprint density at radius 2 is 2.12 bits per heavy atom. The summed E-state index contributed by atoms with van der Waals surface area (Å²) in [7, 11) is 0. The molecule has 130 valence electrons. The zero-order chi connectivity index (χ0) is 17.9. The van der Waals surface area contributed by atoms with Gasteiger partial charge in [-0.15, -0.1) is 0 Å². The molecular formula is C15H20ClN5O3. The standard InChI is InChI=1S/C15H20ClN5O3/c1-7(2)14(24)21-15-19-11(16)10(12(17)23)13(20-15)18-9-4-3-8(5-9)6-22/h3-4,7-9,22H,5-6H2,1-2H3,(H2,17,23)(H2,18,19,20,21,24). The summed E-state index contributed by atoms with van der Waals surface area (Å²) >= 11 is 6.03. The van der Waals surface area contributed by atoms with Gasteiger partial charge in [0.2, 0.25) is 11.9 Å². The Morgan fingerprint density at radius 1 is 1.42 bits per heavy atom. The molecule has 5 N–H and O–H groups in total. The highest BCUT2D eigenvalue weighted by Crippen LogP contribution is 2.26. The second-order valence-electron chi connectivity index (χ2n) is 5.88. The normalized spacial score (nSPS) is 19.5. The first kappa shape index (κ1) is 18.2. The number of aliphatic hydroxyl groups is 1. The molecule has 0 saturated carbocycles. The summed E-state index contributed by atoms with van der Waals surface area (Å²) in [5, 5.41) is 14.6. The zero-order valence-corrected chi connectivity index (χ0v) is 14.2. The van der Waals surface area contributed by atoms with Gasteiger partial charge in [-0.1, -0.05) is 37.6 Å². The maximum absolute atomic E-state index is 11.8. The number of anilines is 2. The van der Waals surface area contributed by atoms with E-state index in [0.29, 0.717) is 6.42 Å². The number of amides is 2. The highest BCUT2D eigenvalue weighted by atomic mass is 35.5. The van der Waals surface area contributed by atoms with Crippen molar-refractivity contribution >= 4 is 35.2 Å². The van der Waals surface area contributed by atoms with E-state index in [-0.39, 0.29) is 52.9 Å². The molecule has 0 fully saturated rings. The number of nitrogens with one attached hydrogen (secondary N) is 2. The van der Waals surface area contributed by atoms with Crippen molar-refractivity contribution in [3.05, 3.63) is 22.9 Å². The van der Waals surface area contributed by atoms with Crippen LogP contribution in [0.3, 0.4) is 0 Å². The number of nitrogens with zero attached hydrogens (tertiary/aromatic N) is 2. The van der Waals surface area contributed by atoms with Gasteiger partial charge < -0.3 is 16.2 Å². The summed E-state index contributed by atoms with van der Waals surface area (Å²) in [5.41, 5.74) is 5.31. The van der Waals surface area contributed by atoms with Crippen LogP contribution in [0, 0.1) is 11.8 Å². The van der Waals surface area contributed by atoms with Crippen LogP contribution in [-0.2, 0) is 4.79 Å². The summed E-state index contributed by atoms with van der Waals surface area (Å²) in [6.45, 7) is 3.50. The molecule has 1 aliphatic rings. The minimum absolute atomic E-state index is 0.00751. The van der Waals surface area contributed by atoms with Crippen molar-refractivity contribution in [2.75, 3.05) is 17.2 Å². The first-order chi connectivity index (χ1) is 11.3. The Balaban J connectivity index is 2.29. The van der Waals surface area contributed by atoms with Crippen LogP contribution in [0.25, 0.3) is 0 Å². The molecule has 8 nitrogen and oxygen atoms in total.